The van der Waals surface area contributed by atoms with Crippen LogP contribution in [0.25, 0.3) is 0 Å². The van der Waals surface area contributed by atoms with E-state index < -0.39 is 5.82 Å². The topological polar surface area (TPSA) is 58.4 Å². The third kappa shape index (κ3) is 6.58. The third-order valence-electron chi connectivity index (χ3n) is 3.53. The fourth-order valence-electron chi connectivity index (χ4n) is 2.11. The summed E-state index contributed by atoms with van der Waals surface area (Å²) >= 11 is 0. The van der Waals surface area contributed by atoms with Crippen LogP contribution in [-0.2, 0) is 4.79 Å². The van der Waals surface area contributed by atoms with Crippen LogP contribution >= 0.6 is 0 Å². The van der Waals surface area contributed by atoms with Crippen molar-refractivity contribution in [2.75, 3.05) is 31.2 Å². The zero-order valence-electron chi connectivity index (χ0n) is 13.2. The predicted octanol–water partition coefficient (Wildman–Crippen LogP) is 3.10. The van der Waals surface area contributed by atoms with Crippen molar-refractivity contribution in [1.82, 2.24) is 4.90 Å². The number of carbonyl (C=O) groups excluding carboxylic acids is 1. The second-order valence-corrected chi connectivity index (χ2v) is 5.67. The molecule has 0 aliphatic rings. The van der Waals surface area contributed by atoms with E-state index in [1.807, 2.05) is 0 Å². The molecule has 0 aliphatic carbocycles. The van der Waals surface area contributed by atoms with Crippen LogP contribution in [-0.4, -0.2) is 30.9 Å². The first-order valence-corrected chi connectivity index (χ1v) is 7.45. The van der Waals surface area contributed by atoms with E-state index in [-0.39, 0.29) is 11.6 Å². The molecule has 1 rings (SSSR count). The van der Waals surface area contributed by atoms with Crippen LogP contribution in [0.15, 0.2) is 18.2 Å². The van der Waals surface area contributed by atoms with Crippen LogP contribution in [0.4, 0.5) is 15.8 Å². The average Bonchev–Trinajstić information content (AvgIpc) is 2.42. The molecule has 0 heterocycles. The molecule has 0 saturated heterocycles. The Kier molecular flexibility index (Phi) is 7.15. The lowest BCUT2D eigenvalue weighted by atomic mass is 10.1. The van der Waals surface area contributed by atoms with Gasteiger partial charge in [0.2, 0.25) is 5.91 Å². The third-order valence-corrected chi connectivity index (χ3v) is 3.53. The number of carbonyl (C=O) groups is 1. The molecule has 0 aromatic heterocycles. The van der Waals surface area contributed by atoms with E-state index in [1.54, 1.807) is 0 Å². The maximum Gasteiger partial charge on any atom is 0.224 e. The molecule has 0 bridgehead atoms. The van der Waals surface area contributed by atoms with E-state index in [0.29, 0.717) is 18.0 Å². The van der Waals surface area contributed by atoms with Gasteiger partial charge in [0.1, 0.15) is 5.82 Å². The summed E-state index contributed by atoms with van der Waals surface area (Å²) in [5, 5.41) is 2.56. The standard InChI is InChI=1S/C16H26FN3O/c1-4-12(2)11-20(3)9-5-6-16(21)19-15-10-13(18)7-8-14(15)17/h7-8,10,12H,4-6,9,11,18H2,1-3H3,(H,19,21). The van der Waals surface area contributed by atoms with Gasteiger partial charge < -0.3 is 16.0 Å². The van der Waals surface area contributed by atoms with Crippen molar-refractivity contribution in [2.45, 2.75) is 33.1 Å². The number of hydrogen-bond acceptors (Lipinski definition) is 3. The van der Waals surface area contributed by atoms with Gasteiger partial charge in [-0.05, 0) is 44.1 Å². The molecular weight excluding hydrogens is 269 g/mol. The molecule has 0 fully saturated rings. The highest BCUT2D eigenvalue weighted by molar-refractivity contribution is 5.91. The zero-order chi connectivity index (χ0) is 15.8. The molecule has 5 heteroatoms. The normalized spacial score (nSPS) is 12.4. The number of nitrogens with two attached hydrogens (primary N) is 1. The van der Waals surface area contributed by atoms with Gasteiger partial charge in [0, 0.05) is 18.7 Å². The molecule has 1 aromatic carbocycles. The number of hydrogen-bond donors (Lipinski definition) is 2. The largest absolute Gasteiger partial charge is 0.399 e. The number of rotatable bonds is 8. The Bertz CT molecular complexity index is 465. The summed E-state index contributed by atoms with van der Waals surface area (Å²) in [5.74, 6) is 0.00750. The first-order valence-electron chi connectivity index (χ1n) is 7.45. The van der Waals surface area contributed by atoms with Gasteiger partial charge in [-0.3, -0.25) is 4.79 Å². The molecule has 0 saturated carbocycles. The molecule has 1 amide bonds. The molecule has 21 heavy (non-hydrogen) atoms. The van der Waals surface area contributed by atoms with E-state index in [9.17, 15) is 9.18 Å². The number of benzene rings is 1. The van der Waals surface area contributed by atoms with Gasteiger partial charge in [0.05, 0.1) is 5.69 Å². The van der Waals surface area contributed by atoms with Crippen molar-refractivity contribution in [3.8, 4) is 0 Å². The summed E-state index contributed by atoms with van der Waals surface area (Å²) in [7, 11) is 2.06. The van der Waals surface area contributed by atoms with Crippen LogP contribution in [0.3, 0.4) is 0 Å². The number of nitrogen functional groups attached to an aromatic ring is 1. The van der Waals surface area contributed by atoms with Crippen LogP contribution in [0, 0.1) is 11.7 Å². The van der Waals surface area contributed by atoms with Crippen molar-refractivity contribution in [2.24, 2.45) is 5.92 Å². The molecule has 1 unspecified atom stereocenters. The van der Waals surface area contributed by atoms with Gasteiger partial charge in [-0.15, -0.1) is 0 Å². The van der Waals surface area contributed by atoms with Crippen LogP contribution in [0.5, 0.6) is 0 Å². The van der Waals surface area contributed by atoms with Crippen molar-refractivity contribution in [1.29, 1.82) is 0 Å². The first kappa shape index (κ1) is 17.4. The Balaban J connectivity index is 2.33. The SMILES string of the molecule is CCC(C)CN(C)CCCC(=O)Nc1cc(N)ccc1F. The predicted molar refractivity (Wildman–Crippen MR) is 85.6 cm³/mol. The molecule has 0 spiro atoms. The quantitative estimate of drug-likeness (QED) is 0.725. The van der Waals surface area contributed by atoms with E-state index in [4.69, 9.17) is 5.73 Å². The minimum absolute atomic E-state index is 0.146. The Labute approximate surface area is 126 Å². The summed E-state index contributed by atoms with van der Waals surface area (Å²) < 4.78 is 13.5. The van der Waals surface area contributed by atoms with Crippen LogP contribution < -0.4 is 11.1 Å². The smallest absolute Gasteiger partial charge is 0.224 e. The van der Waals surface area contributed by atoms with E-state index >= 15 is 0 Å². The van der Waals surface area contributed by atoms with Gasteiger partial charge in [-0.2, -0.15) is 0 Å². The number of amides is 1. The molecule has 0 aliphatic heterocycles. The van der Waals surface area contributed by atoms with Crippen LogP contribution in [0.2, 0.25) is 0 Å². The number of anilines is 2. The second-order valence-electron chi connectivity index (χ2n) is 5.67. The van der Waals surface area contributed by atoms with E-state index in [1.165, 1.54) is 18.2 Å². The van der Waals surface area contributed by atoms with Crippen molar-refractivity contribution < 1.29 is 9.18 Å². The highest BCUT2D eigenvalue weighted by Gasteiger charge is 2.09. The highest BCUT2D eigenvalue weighted by Crippen LogP contribution is 2.17. The zero-order valence-corrected chi connectivity index (χ0v) is 13.2. The lowest BCUT2D eigenvalue weighted by Gasteiger charge is -2.20. The fourth-order valence-corrected chi connectivity index (χ4v) is 2.11. The molecule has 1 aromatic rings. The number of halogens is 1. The summed E-state index contributed by atoms with van der Waals surface area (Å²) in [6.45, 7) is 6.27. The molecule has 118 valence electrons. The van der Waals surface area contributed by atoms with E-state index in [0.717, 1.165) is 25.9 Å². The Morgan fingerprint density at radius 3 is 2.86 bits per heavy atom. The summed E-state index contributed by atoms with van der Waals surface area (Å²) in [6, 6.07) is 4.15. The van der Waals surface area contributed by atoms with Gasteiger partial charge in [-0.25, -0.2) is 4.39 Å². The summed E-state index contributed by atoms with van der Waals surface area (Å²) in [6.07, 6.45) is 2.28. The monoisotopic (exact) mass is 295 g/mol. The minimum Gasteiger partial charge on any atom is -0.399 e. The Hall–Kier alpha value is -1.62. The molecule has 4 nitrogen and oxygen atoms in total. The van der Waals surface area contributed by atoms with Gasteiger partial charge in [0.25, 0.3) is 0 Å². The molecule has 1 atom stereocenters. The first-order chi connectivity index (χ1) is 9.92. The molecule has 0 radical (unpaired) electrons. The van der Waals surface area contributed by atoms with Crippen molar-refractivity contribution in [3.05, 3.63) is 24.0 Å². The Morgan fingerprint density at radius 1 is 1.48 bits per heavy atom. The van der Waals surface area contributed by atoms with Gasteiger partial charge in [-0.1, -0.05) is 20.3 Å². The second kappa shape index (κ2) is 8.62. The molecule has 3 N–H and O–H groups in total. The summed E-state index contributed by atoms with van der Waals surface area (Å²) in [5.41, 5.74) is 6.15. The lowest BCUT2D eigenvalue weighted by Crippen LogP contribution is -2.26. The van der Waals surface area contributed by atoms with Gasteiger partial charge >= 0.3 is 0 Å². The average molecular weight is 295 g/mol. The maximum absolute atomic E-state index is 13.5. The van der Waals surface area contributed by atoms with Gasteiger partial charge in [0.15, 0.2) is 0 Å². The highest BCUT2D eigenvalue weighted by atomic mass is 19.1. The van der Waals surface area contributed by atoms with Crippen molar-refractivity contribution in [3.63, 3.8) is 0 Å². The summed E-state index contributed by atoms with van der Waals surface area (Å²) in [4.78, 5) is 14.0. The van der Waals surface area contributed by atoms with Crippen molar-refractivity contribution >= 4 is 17.3 Å². The minimum atomic E-state index is -0.466. The van der Waals surface area contributed by atoms with E-state index in [2.05, 4.69) is 31.1 Å². The molecular formula is C16H26FN3O. The van der Waals surface area contributed by atoms with Crippen LogP contribution in [0.1, 0.15) is 33.1 Å². The number of nitrogens with zero attached hydrogens (tertiary/aromatic N) is 1. The lowest BCUT2D eigenvalue weighted by molar-refractivity contribution is -0.116. The Morgan fingerprint density at radius 2 is 2.19 bits per heavy atom. The fraction of sp³-hybridized carbons (Fsp3) is 0.562. The maximum atomic E-state index is 13.5. The number of nitrogens with one attached hydrogen (secondary N) is 1.